The summed E-state index contributed by atoms with van der Waals surface area (Å²) in [5.41, 5.74) is 3.02. The number of carbonyl (C=O) groups is 2. The zero-order valence-electron chi connectivity index (χ0n) is 35.6. The second kappa shape index (κ2) is 19.2. The van der Waals surface area contributed by atoms with Crippen molar-refractivity contribution in [2.45, 2.75) is 190 Å². The van der Waals surface area contributed by atoms with Gasteiger partial charge >= 0.3 is 0 Å². The van der Waals surface area contributed by atoms with Crippen LogP contribution in [-0.4, -0.2) is 45.9 Å². The van der Waals surface area contributed by atoms with Crippen LogP contribution >= 0.6 is 11.3 Å². The van der Waals surface area contributed by atoms with Gasteiger partial charge in [0.2, 0.25) is 0 Å². The number of aldehydes is 1. The number of aromatic nitrogens is 1. The second-order valence-corrected chi connectivity index (χ2v) is 29.4. The molecule has 0 radical (unpaired) electrons. The van der Waals surface area contributed by atoms with Crippen molar-refractivity contribution in [1.29, 1.82) is 0 Å². The summed E-state index contributed by atoms with van der Waals surface area (Å²) in [6.07, 6.45) is 11.4. The van der Waals surface area contributed by atoms with Crippen LogP contribution in [0.3, 0.4) is 0 Å². The number of thiazole rings is 1. The molecule has 1 aromatic rings. The van der Waals surface area contributed by atoms with Crippen LogP contribution < -0.4 is 0 Å². The van der Waals surface area contributed by atoms with E-state index in [4.69, 9.17) is 8.85 Å². The lowest BCUT2D eigenvalue weighted by atomic mass is 9.68. The molecule has 50 heavy (non-hydrogen) atoms. The molecule has 1 heterocycles. The Morgan fingerprint density at radius 2 is 1.48 bits per heavy atom. The third-order valence-electron chi connectivity index (χ3n) is 12.1. The highest BCUT2D eigenvalue weighted by molar-refractivity contribution is 7.09. The van der Waals surface area contributed by atoms with E-state index >= 15 is 0 Å². The van der Waals surface area contributed by atoms with Crippen molar-refractivity contribution in [3.8, 4) is 0 Å². The Morgan fingerprint density at radius 1 is 0.920 bits per heavy atom. The van der Waals surface area contributed by atoms with E-state index in [0.29, 0.717) is 6.42 Å². The van der Waals surface area contributed by atoms with Crippen LogP contribution in [0.1, 0.15) is 146 Å². The van der Waals surface area contributed by atoms with Crippen LogP contribution in [0.5, 0.6) is 0 Å². The molecule has 5 nitrogen and oxygen atoms in total. The van der Waals surface area contributed by atoms with Crippen LogP contribution in [-0.2, 0) is 18.4 Å². The number of Topliss-reactive ketones (excluding diaryl/α,β-unsaturated/α-hetero) is 1. The van der Waals surface area contributed by atoms with Gasteiger partial charge in [0.05, 0.1) is 22.9 Å². The molecule has 0 N–H and O–H groups in total. The summed E-state index contributed by atoms with van der Waals surface area (Å²) < 4.78 is 14.2. The first-order chi connectivity index (χ1) is 22.7. The standard InChI is InChI=1S/C42H77NO4SSi2/c1-19-21-36(39(45)42(13,14)33(5)26-27-44)38(47-50(17,18)41(10,11)12)31(3)23-20-22-30(2)24-25-37(46-49(15,16)40(7,8)9)32(4)28-35-29-48-34(6)43-35/h24,27-29,31,33,36-38H,19-23,25-26H2,1-18H3/b30-24-,32-28+/t31?,33?,36-,37+,38+/m1/s1. The number of aryl methyl sites for hydroxylation is 1. The van der Waals surface area contributed by atoms with E-state index in [9.17, 15) is 9.59 Å². The van der Waals surface area contributed by atoms with Gasteiger partial charge in [-0.05, 0) is 113 Å². The predicted molar refractivity (Wildman–Crippen MR) is 223 cm³/mol. The number of nitrogens with zero attached hydrogens (tertiary/aromatic N) is 1. The quantitative estimate of drug-likeness (QED) is 0.0712. The SMILES string of the molecule is CCC[C@@H](C(=O)C(C)(C)C(C)CC=O)[C@@H](O[Si](C)(C)C(C)(C)C)C(C)CCC/C(C)=C\C[C@H](O[Si](C)(C)C(C)(C)C)/C(C)=C/c1csc(C)n1. The van der Waals surface area contributed by atoms with Gasteiger partial charge in [-0.15, -0.1) is 11.3 Å². The van der Waals surface area contributed by atoms with Crippen LogP contribution in [0.2, 0.25) is 36.3 Å². The maximum absolute atomic E-state index is 14.4. The predicted octanol–water partition coefficient (Wildman–Crippen LogP) is 13.0. The number of carbonyl (C=O) groups excluding carboxylic acids is 2. The largest absolute Gasteiger partial charge is 0.413 e. The van der Waals surface area contributed by atoms with E-state index in [1.54, 1.807) is 11.3 Å². The van der Waals surface area contributed by atoms with Gasteiger partial charge in [-0.1, -0.05) is 94.2 Å². The Labute approximate surface area is 315 Å². The molecule has 0 bridgehead atoms. The molecule has 2 unspecified atom stereocenters. The molecule has 0 aliphatic rings. The molecule has 0 spiro atoms. The Bertz CT molecular complexity index is 1280. The second-order valence-electron chi connectivity index (χ2n) is 18.8. The molecule has 0 aliphatic heterocycles. The number of ketones is 1. The van der Waals surface area contributed by atoms with Gasteiger partial charge in [0.25, 0.3) is 0 Å². The molecule has 8 heteroatoms. The van der Waals surface area contributed by atoms with Crippen LogP contribution in [0.15, 0.2) is 22.6 Å². The monoisotopic (exact) mass is 748 g/mol. The minimum Gasteiger partial charge on any atom is -0.413 e. The fourth-order valence-electron chi connectivity index (χ4n) is 5.94. The number of allylic oxidation sites excluding steroid dienone is 1. The molecule has 0 fully saturated rings. The van der Waals surface area contributed by atoms with Crippen molar-refractivity contribution in [1.82, 2.24) is 4.98 Å². The maximum Gasteiger partial charge on any atom is 0.192 e. The number of rotatable bonds is 21. The van der Waals surface area contributed by atoms with Gasteiger partial charge in [0.1, 0.15) is 12.1 Å². The summed E-state index contributed by atoms with van der Waals surface area (Å²) in [6.45, 7) is 40.1. The Kier molecular flexibility index (Phi) is 18.0. The first-order valence-corrected chi connectivity index (χ1v) is 26.0. The Balaban J connectivity index is 3.28. The topological polar surface area (TPSA) is 65.5 Å². The van der Waals surface area contributed by atoms with E-state index in [2.05, 4.69) is 125 Å². The highest BCUT2D eigenvalue weighted by Gasteiger charge is 2.47. The molecule has 1 rings (SSSR count). The third-order valence-corrected chi connectivity index (χ3v) is 21.9. The molecular formula is C42H77NO4SSi2. The summed E-state index contributed by atoms with van der Waals surface area (Å²) in [5, 5.41) is 3.37. The molecule has 0 aliphatic carbocycles. The van der Waals surface area contributed by atoms with Crippen LogP contribution in [0.4, 0.5) is 0 Å². The van der Waals surface area contributed by atoms with E-state index in [-0.39, 0.29) is 45.8 Å². The van der Waals surface area contributed by atoms with Crippen molar-refractivity contribution in [3.05, 3.63) is 33.3 Å². The van der Waals surface area contributed by atoms with Gasteiger partial charge in [-0.2, -0.15) is 0 Å². The highest BCUT2D eigenvalue weighted by Crippen LogP contribution is 2.43. The molecule has 0 amide bonds. The minimum atomic E-state index is -2.17. The highest BCUT2D eigenvalue weighted by atomic mass is 32.1. The van der Waals surface area contributed by atoms with Gasteiger partial charge in [0.15, 0.2) is 16.6 Å². The summed E-state index contributed by atoms with van der Waals surface area (Å²) in [5.74, 6) is 0.284. The molecule has 0 saturated carbocycles. The van der Waals surface area contributed by atoms with Crippen molar-refractivity contribution in [2.24, 2.45) is 23.2 Å². The zero-order valence-corrected chi connectivity index (χ0v) is 38.5. The van der Waals surface area contributed by atoms with E-state index in [0.717, 1.165) is 55.5 Å². The van der Waals surface area contributed by atoms with Crippen LogP contribution in [0, 0.1) is 30.1 Å². The first kappa shape index (κ1) is 46.8. The molecule has 288 valence electrons. The van der Waals surface area contributed by atoms with Gasteiger partial charge in [0, 0.05) is 23.1 Å². The van der Waals surface area contributed by atoms with E-state index in [1.165, 1.54) is 11.1 Å². The van der Waals surface area contributed by atoms with Crippen molar-refractivity contribution in [3.63, 3.8) is 0 Å². The summed E-state index contributed by atoms with van der Waals surface area (Å²) >= 11 is 1.68. The Morgan fingerprint density at radius 3 is 1.96 bits per heavy atom. The maximum atomic E-state index is 14.4. The number of hydrogen-bond donors (Lipinski definition) is 0. The fourth-order valence-corrected chi connectivity index (χ4v) is 9.28. The molecule has 5 atom stereocenters. The van der Waals surface area contributed by atoms with E-state index < -0.39 is 22.0 Å². The molecule has 0 aromatic carbocycles. The zero-order chi connectivity index (χ0) is 38.9. The molecular weight excluding hydrogens is 671 g/mol. The Hall–Kier alpha value is -1.20. The van der Waals surface area contributed by atoms with Crippen molar-refractivity contribution in [2.75, 3.05) is 0 Å². The molecule has 0 saturated heterocycles. The fraction of sp³-hybridized carbons (Fsp3) is 0.786. The van der Waals surface area contributed by atoms with Gasteiger partial charge < -0.3 is 13.6 Å². The minimum absolute atomic E-state index is 0.0138. The van der Waals surface area contributed by atoms with Crippen molar-refractivity contribution >= 4 is 46.1 Å². The number of hydrogen-bond acceptors (Lipinski definition) is 6. The lowest BCUT2D eigenvalue weighted by Gasteiger charge is -2.45. The summed E-state index contributed by atoms with van der Waals surface area (Å²) in [4.78, 5) is 30.5. The third kappa shape index (κ3) is 13.7. The van der Waals surface area contributed by atoms with Gasteiger partial charge in [-0.25, -0.2) is 4.98 Å². The van der Waals surface area contributed by atoms with Gasteiger partial charge in [-0.3, -0.25) is 4.79 Å². The lowest BCUT2D eigenvalue weighted by Crippen LogP contribution is -2.51. The van der Waals surface area contributed by atoms with Crippen molar-refractivity contribution < 1.29 is 18.4 Å². The lowest BCUT2D eigenvalue weighted by molar-refractivity contribution is -0.139. The summed E-state index contributed by atoms with van der Waals surface area (Å²) in [7, 11) is -4.16. The molecule has 1 aromatic heterocycles. The average Bonchev–Trinajstić information content (AvgIpc) is 3.39. The normalized spacial score (nSPS) is 17.3. The first-order valence-electron chi connectivity index (χ1n) is 19.3. The summed E-state index contributed by atoms with van der Waals surface area (Å²) in [6, 6.07) is 0. The smallest absolute Gasteiger partial charge is 0.192 e. The van der Waals surface area contributed by atoms with E-state index in [1.807, 2.05) is 20.8 Å². The average molecular weight is 748 g/mol. The van der Waals surface area contributed by atoms with Crippen LogP contribution in [0.25, 0.3) is 6.08 Å².